The highest BCUT2D eigenvalue weighted by molar-refractivity contribution is 4.77. The molecule has 0 aromatic carbocycles. The van der Waals surface area contributed by atoms with Crippen LogP contribution in [-0.4, -0.2) is 31.5 Å². The predicted octanol–water partition coefficient (Wildman–Crippen LogP) is 1.70. The minimum absolute atomic E-state index is 0.259. The van der Waals surface area contributed by atoms with Crippen molar-refractivity contribution in [2.24, 2.45) is 11.7 Å². The van der Waals surface area contributed by atoms with Crippen LogP contribution < -0.4 is 5.73 Å². The summed E-state index contributed by atoms with van der Waals surface area (Å²) in [5.41, 5.74) is 5.76. The molecular weight excluding hydrogens is 190 g/mol. The van der Waals surface area contributed by atoms with Gasteiger partial charge in [-0.05, 0) is 38.0 Å². The van der Waals surface area contributed by atoms with Crippen LogP contribution in [0, 0.1) is 5.92 Å². The third-order valence-corrected chi connectivity index (χ3v) is 3.53. The molecule has 3 heteroatoms. The van der Waals surface area contributed by atoms with Crippen molar-refractivity contribution in [2.45, 2.75) is 57.3 Å². The highest BCUT2D eigenvalue weighted by Gasteiger charge is 2.26. The first-order valence-corrected chi connectivity index (χ1v) is 6.23. The van der Waals surface area contributed by atoms with Crippen molar-refractivity contribution < 1.29 is 9.47 Å². The summed E-state index contributed by atoms with van der Waals surface area (Å²) < 4.78 is 11.4. The molecule has 0 unspecified atom stereocenters. The first-order chi connectivity index (χ1) is 7.24. The molecular formula is C12H23NO2. The average molecular weight is 213 g/mol. The first-order valence-electron chi connectivity index (χ1n) is 6.23. The van der Waals surface area contributed by atoms with Crippen LogP contribution in [0.1, 0.15) is 39.0 Å². The lowest BCUT2D eigenvalue weighted by Gasteiger charge is -2.33. The van der Waals surface area contributed by atoms with Crippen LogP contribution in [0.3, 0.4) is 0 Å². The fraction of sp³-hybridized carbons (Fsp3) is 1.00. The molecule has 88 valence electrons. The number of rotatable bonds is 4. The third kappa shape index (κ3) is 3.44. The summed E-state index contributed by atoms with van der Waals surface area (Å²) in [6.07, 6.45) is 6.66. The maximum absolute atomic E-state index is 5.77. The van der Waals surface area contributed by atoms with E-state index in [4.69, 9.17) is 15.2 Å². The molecule has 0 aromatic heterocycles. The van der Waals surface area contributed by atoms with Gasteiger partial charge in [-0.1, -0.05) is 6.92 Å². The molecule has 2 atom stereocenters. The quantitative estimate of drug-likeness (QED) is 0.773. The normalized spacial score (nSPS) is 41.2. The van der Waals surface area contributed by atoms with E-state index in [1.165, 1.54) is 12.8 Å². The van der Waals surface area contributed by atoms with Crippen LogP contribution in [0.5, 0.6) is 0 Å². The molecule has 2 rings (SSSR count). The van der Waals surface area contributed by atoms with E-state index in [-0.39, 0.29) is 6.04 Å². The minimum atomic E-state index is 0.259. The molecule has 1 aliphatic carbocycles. The largest absolute Gasteiger partial charge is 0.378 e. The van der Waals surface area contributed by atoms with Gasteiger partial charge < -0.3 is 15.2 Å². The van der Waals surface area contributed by atoms with E-state index in [9.17, 15) is 0 Å². The molecule has 0 bridgehead atoms. The number of hydrogen-bond acceptors (Lipinski definition) is 3. The van der Waals surface area contributed by atoms with Crippen molar-refractivity contribution in [3.8, 4) is 0 Å². The molecule has 1 heterocycles. The van der Waals surface area contributed by atoms with Gasteiger partial charge >= 0.3 is 0 Å². The van der Waals surface area contributed by atoms with E-state index in [1.54, 1.807) is 0 Å². The van der Waals surface area contributed by atoms with Crippen LogP contribution in [-0.2, 0) is 9.47 Å². The molecule has 2 N–H and O–H groups in total. The van der Waals surface area contributed by atoms with Gasteiger partial charge in [0.05, 0.1) is 18.8 Å². The highest BCUT2D eigenvalue weighted by atomic mass is 16.5. The lowest BCUT2D eigenvalue weighted by Crippen LogP contribution is -2.36. The van der Waals surface area contributed by atoms with Crippen molar-refractivity contribution in [2.75, 3.05) is 13.2 Å². The summed E-state index contributed by atoms with van der Waals surface area (Å²) in [7, 11) is 0. The molecule has 0 spiro atoms. The predicted molar refractivity (Wildman–Crippen MR) is 59.7 cm³/mol. The van der Waals surface area contributed by atoms with Gasteiger partial charge in [0.15, 0.2) is 0 Å². The maximum Gasteiger partial charge on any atom is 0.0621 e. The van der Waals surface area contributed by atoms with E-state index in [2.05, 4.69) is 6.92 Å². The molecule has 2 aliphatic rings. The van der Waals surface area contributed by atoms with Crippen molar-refractivity contribution in [1.82, 2.24) is 0 Å². The molecule has 1 saturated heterocycles. The van der Waals surface area contributed by atoms with Gasteiger partial charge in [0.25, 0.3) is 0 Å². The van der Waals surface area contributed by atoms with Crippen LogP contribution in [0.2, 0.25) is 0 Å². The van der Waals surface area contributed by atoms with E-state index in [0.717, 1.165) is 38.4 Å². The standard InChI is InChI=1S/C12H23NO2/c1-9-6-12(7-9)14-5-4-11-3-2-10(13)8-15-11/h9-12H,2-8,13H2,1H3/t9?,10-,11+,12?/m1/s1. The molecule has 1 aliphatic heterocycles. The molecule has 0 amide bonds. The molecule has 0 aromatic rings. The van der Waals surface area contributed by atoms with E-state index >= 15 is 0 Å². The van der Waals surface area contributed by atoms with Crippen LogP contribution in [0.4, 0.5) is 0 Å². The van der Waals surface area contributed by atoms with Gasteiger partial charge in [-0.2, -0.15) is 0 Å². The Hall–Kier alpha value is -0.120. The van der Waals surface area contributed by atoms with Gasteiger partial charge in [-0.25, -0.2) is 0 Å². The zero-order chi connectivity index (χ0) is 10.7. The van der Waals surface area contributed by atoms with Gasteiger partial charge in [-0.3, -0.25) is 0 Å². The Labute approximate surface area is 92.3 Å². The van der Waals surface area contributed by atoms with Crippen molar-refractivity contribution in [1.29, 1.82) is 0 Å². The molecule has 2 fully saturated rings. The summed E-state index contributed by atoms with van der Waals surface area (Å²) in [5, 5.41) is 0. The van der Waals surface area contributed by atoms with Crippen molar-refractivity contribution in [3.63, 3.8) is 0 Å². The number of nitrogens with two attached hydrogens (primary N) is 1. The third-order valence-electron chi connectivity index (χ3n) is 3.53. The monoisotopic (exact) mass is 213 g/mol. The summed E-state index contributed by atoms with van der Waals surface area (Å²) in [5.74, 6) is 0.874. The lowest BCUT2D eigenvalue weighted by molar-refractivity contribution is -0.0566. The van der Waals surface area contributed by atoms with Gasteiger partial charge in [0, 0.05) is 12.6 Å². The smallest absolute Gasteiger partial charge is 0.0621 e. The van der Waals surface area contributed by atoms with E-state index in [1.807, 2.05) is 0 Å². The van der Waals surface area contributed by atoms with E-state index in [0.29, 0.717) is 12.2 Å². The first kappa shape index (κ1) is 11.4. The van der Waals surface area contributed by atoms with Gasteiger partial charge in [-0.15, -0.1) is 0 Å². The van der Waals surface area contributed by atoms with Gasteiger partial charge in [0.2, 0.25) is 0 Å². The topological polar surface area (TPSA) is 44.5 Å². The van der Waals surface area contributed by atoms with E-state index < -0.39 is 0 Å². The fourth-order valence-electron chi connectivity index (χ4n) is 2.38. The molecule has 1 saturated carbocycles. The van der Waals surface area contributed by atoms with Crippen LogP contribution >= 0.6 is 0 Å². The SMILES string of the molecule is CC1CC(OCC[C@@H]2CC[C@@H](N)CO2)C1. The van der Waals surface area contributed by atoms with Crippen molar-refractivity contribution >= 4 is 0 Å². The summed E-state index contributed by atoms with van der Waals surface area (Å²) >= 11 is 0. The maximum atomic E-state index is 5.77. The molecule has 15 heavy (non-hydrogen) atoms. The highest BCUT2D eigenvalue weighted by Crippen LogP contribution is 2.29. The second-order valence-electron chi connectivity index (χ2n) is 5.15. The lowest BCUT2D eigenvalue weighted by atomic mass is 9.84. The minimum Gasteiger partial charge on any atom is -0.378 e. The Morgan fingerprint density at radius 2 is 2.13 bits per heavy atom. The zero-order valence-electron chi connectivity index (χ0n) is 9.65. The molecule has 0 radical (unpaired) electrons. The Morgan fingerprint density at radius 3 is 2.73 bits per heavy atom. The average Bonchev–Trinajstić information content (AvgIpc) is 2.18. The Balaban J connectivity index is 1.51. The van der Waals surface area contributed by atoms with Gasteiger partial charge in [0.1, 0.15) is 0 Å². The second kappa shape index (κ2) is 5.28. The van der Waals surface area contributed by atoms with Crippen LogP contribution in [0.15, 0.2) is 0 Å². The second-order valence-corrected chi connectivity index (χ2v) is 5.15. The van der Waals surface area contributed by atoms with Crippen molar-refractivity contribution in [3.05, 3.63) is 0 Å². The zero-order valence-corrected chi connectivity index (χ0v) is 9.65. The molecule has 3 nitrogen and oxygen atoms in total. The summed E-state index contributed by atoms with van der Waals surface area (Å²) in [6, 6.07) is 0.259. The Bertz CT molecular complexity index is 184. The van der Waals surface area contributed by atoms with Crippen LogP contribution in [0.25, 0.3) is 0 Å². The Kier molecular flexibility index (Phi) is 4.00. The summed E-state index contributed by atoms with van der Waals surface area (Å²) in [4.78, 5) is 0. The Morgan fingerprint density at radius 1 is 1.33 bits per heavy atom. The fourth-order valence-corrected chi connectivity index (χ4v) is 2.38. The number of hydrogen-bond donors (Lipinski definition) is 1. The number of ether oxygens (including phenoxy) is 2. The summed E-state index contributed by atoms with van der Waals surface area (Å²) in [6.45, 7) is 3.87.